The first-order chi connectivity index (χ1) is 8.29. The van der Waals surface area contributed by atoms with Gasteiger partial charge in [0.2, 0.25) is 0 Å². The minimum absolute atomic E-state index is 0.258. The second kappa shape index (κ2) is 4.45. The molecule has 0 aromatic heterocycles. The average Bonchev–Trinajstić information content (AvgIpc) is 2.51. The van der Waals surface area contributed by atoms with Crippen molar-refractivity contribution < 1.29 is 0 Å². The van der Waals surface area contributed by atoms with Crippen LogP contribution in [-0.2, 0) is 0 Å². The summed E-state index contributed by atoms with van der Waals surface area (Å²) in [6.45, 7) is 3.56. The van der Waals surface area contributed by atoms with Crippen molar-refractivity contribution in [3.63, 3.8) is 0 Å². The number of nitrogens with one attached hydrogen (secondary N) is 1. The van der Waals surface area contributed by atoms with Crippen molar-refractivity contribution >= 4 is 0 Å². The fourth-order valence-electron chi connectivity index (χ4n) is 3.68. The van der Waals surface area contributed by atoms with Gasteiger partial charge in [-0.25, -0.2) is 0 Å². The first-order valence-electron chi connectivity index (χ1n) is 7.05. The molecule has 92 valence electrons. The Hall–Kier alpha value is -0.820. The lowest BCUT2D eigenvalue weighted by Gasteiger charge is -2.39. The van der Waals surface area contributed by atoms with Gasteiger partial charge in [0.15, 0.2) is 0 Å². The van der Waals surface area contributed by atoms with Crippen LogP contribution in [-0.4, -0.2) is 12.1 Å². The second-order valence-corrected chi connectivity index (χ2v) is 5.99. The summed E-state index contributed by atoms with van der Waals surface area (Å²) in [5.41, 5.74) is 0.258. The van der Waals surface area contributed by atoms with Crippen LogP contribution in [0.25, 0.3) is 0 Å². The summed E-state index contributed by atoms with van der Waals surface area (Å²) in [5, 5.41) is 3.77. The fourth-order valence-corrected chi connectivity index (χ4v) is 3.68. The van der Waals surface area contributed by atoms with Crippen LogP contribution in [0.1, 0.15) is 32.6 Å². The Morgan fingerprint density at radius 1 is 1.18 bits per heavy atom. The van der Waals surface area contributed by atoms with Gasteiger partial charge in [-0.15, -0.1) is 0 Å². The molecule has 2 aliphatic carbocycles. The van der Waals surface area contributed by atoms with Gasteiger partial charge in [-0.2, -0.15) is 0 Å². The Kier molecular flexibility index (Phi) is 2.96. The molecule has 0 radical (unpaired) electrons. The number of allylic oxidation sites excluding steroid dienone is 3. The van der Waals surface area contributed by atoms with Crippen molar-refractivity contribution in [2.75, 3.05) is 6.54 Å². The van der Waals surface area contributed by atoms with E-state index in [1.54, 1.807) is 0 Å². The molecule has 0 fully saturated rings. The van der Waals surface area contributed by atoms with Gasteiger partial charge in [0.25, 0.3) is 0 Å². The zero-order valence-corrected chi connectivity index (χ0v) is 10.7. The van der Waals surface area contributed by atoms with Crippen LogP contribution in [0.3, 0.4) is 0 Å². The quantitative estimate of drug-likeness (QED) is 0.627. The van der Waals surface area contributed by atoms with Crippen LogP contribution in [0.2, 0.25) is 0 Å². The average molecular weight is 229 g/mol. The first kappa shape index (κ1) is 11.3. The van der Waals surface area contributed by atoms with Crippen LogP contribution in [0.5, 0.6) is 0 Å². The van der Waals surface area contributed by atoms with E-state index in [9.17, 15) is 0 Å². The van der Waals surface area contributed by atoms with E-state index in [1.165, 1.54) is 19.3 Å². The van der Waals surface area contributed by atoms with Crippen LogP contribution >= 0.6 is 0 Å². The number of fused-ring (bicyclic) bond motifs is 1. The molecule has 0 saturated heterocycles. The van der Waals surface area contributed by atoms with E-state index in [0.717, 1.165) is 24.8 Å². The number of rotatable bonds is 0. The minimum atomic E-state index is 0.258. The van der Waals surface area contributed by atoms with Crippen molar-refractivity contribution in [1.29, 1.82) is 0 Å². The SMILES string of the molecule is CC1CC=CC2C=CCC3(C=CCCN3)CC21. The molecule has 4 atom stereocenters. The highest BCUT2D eigenvalue weighted by Gasteiger charge is 2.37. The summed E-state index contributed by atoms with van der Waals surface area (Å²) in [5.74, 6) is 2.31. The third kappa shape index (κ3) is 2.13. The monoisotopic (exact) mass is 229 g/mol. The summed E-state index contributed by atoms with van der Waals surface area (Å²) in [6.07, 6.45) is 19.4. The van der Waals surface area contributed by atoms with Crippen molar-refractivity contribution in [2.24, 2.45) is 17.8 Å². The maximum Gasteiger partial charge on any atom is 0.0402 e. The topological polar surface area (TPSA) is 12.0 Å². The molecule has 4 unspecified atom stereocenters. The predicted molar refractivity (Wildman–Crippen MR) is 72.8 cm³/mol. The highest BCUT2D eigenvalue weighted by atomic mass is 15.0. The van der Waals surface area contributed by atoms with Gasteiger partial charge in [0, 0.05) is 5.54 Å². The van der Waals surface area contributed by atoms with Gasteiger partial charge in [-0.05, 0) is 50.0 Å². The molecule has 0 bridgehead atoms. The van der Waals surface area contributed by atoms with Crippen molar-refractivity contribution in [3.05, 3.63) is 36.5 Å². The molecular weight excluding hydrogens is 206 g/mol. The number of hydrogen-bond donors (Lipinski definition) is 1. The van der Waals surface area contributed by atoms with Crippen LogP contribution in [0, 0.1) is 17.8 Å². The summed E-state index contributed by atoms with van der Waals surface area (Å²) < 4.78 is 0. The molecule has 3 rings (SSSR count). The smallest absolute Gasteiger partial charge is 0.0402 e. The van der Waals surface area contributed by atoms with Crippen molar-refractivity contribution in [1.82, 2.24) is 5.32 Å². The first-order valence-corrected chi connectivity index (χ1v) is 7.05. The maximum absolute atomic E-state index is 3.77. The fraction of sp³-hybridized carbons (Fsp3) is 0.625. The van der Waals surface area contributed by atoms with Gasteiger partial charge in [-0.3, -0.25) is 0 Å². The summed E-state index contributed by atoms with van der Waals surface area (Å²) in [6, 6.07) is 0. The minimum Gasteiger partial charge on any atom is -0.307 e. The Bertz CT molecular complexity index is 366. The summed E-state index contributed by atoms with van der Waals surface area (Å²) in [4.78, 5) is 0. The van der Waals surface area contributed by atoms with Crippen molar-refractivity contribution in [3.8, 4) is 0 Å². The van der Waals surface area contributed by atoms with E-state index >= 15 is 0 Å². The zero-order valence-electron chi connectivity index (χ0n) is 10.7. The van der Waals surface area contributed by atoms with Gasteiger partial charge in [-0.1, -0.05) is 43.4 Å². The molecule has 0 amide bonds. The molecule has 1 spiro atoms. The highest BCUT2D eigenvalue weighted by molar-refractivity contribution is 5.20. The molecule has 0 aromatic carbocycles. The van der Waals surface area contributed by atoms with Crippen LogP contribution in [0.15, 0.2) is 36.5 Å². The van der Waals surface area contributed by atoms with Crippen LogP contribution < -0.4 is 5.32 Å². The Morgan fingerprint density at radius 3 is 2.88 bits per heavy atom. The van der Waals surface area contributed by atoms with E-state index < -0.39 is 0 Å². The Morgan fingerprint density at radius 2 is 2.06 bits per heavy atom. The molecule has 0 aromatic rings. The maximum atomic E-state index is 3.77. The second-order valence-electron chi connectivity index (χ2n) is 5.99. The Labute approximate surface area is 105 Å². The van der Waals surface area contributed by atoms with E-state index in [0.29, 0.717) is 5.92 Å². The molecule has 3 aliphatic rings. The molecule has 1 nitrogen and oxygen atoms in total. The van der Waals surface area contributed by atoms with E-state index in [-0.39, 0.29) is 5.54 Å². The lowest BCUT2D eigenvalue weighted by molar-refractivity contribution is 0.219. The predicted octanol–water partition coefficient (Wildman–Crippen LogP) is 3.45. The molecule has 1 heterocycles. The van der Waals surface area contributed by atoms with Gasteiger partial charge in [0.05, 0.1) is 0 Å². The summed E-state index contributed by atoms with van der Waals surface area (Å²) in [7, 11) is 0. The molecule has 1 N–H and O–H groups in total. The van der Waals surface area contributed by atoms with Crippen LogP contribution in [0.4, 0.5) is 0 Å². The van der Waals surface area contributed by atoms with E-state index in [2.05, 4.69) is 48.7 Å². The normalized spacial score (nSPS) is 44.6. The molecule has 1 aliphatic heterocycles. The third-order valence-corrected chi connectivity index (χ3v) is 4.76. The molecule has 17 heavy (non-hydrogen) atoms. The Balaban J connectivity index is 1.88. The number of hydrogen-bond acceptors (Lipinski definition) is 1. The molecule has 1 heteroatoms. The standard InChI is InChI=1S/C16H23N/c1-13-6-4-7-14-8-5-10-16(12-15(13)14)9-2-3-11-17-16/h2,4-5,7-9,13-15,17H,3,6,10-12H2,1H3. The lowest BCUT2D eigenvalue weighted by atomic mass is 9.71. The van der Waals surface area contributed by atoms with Gasteiger partial charge < -0.3 is 5.32 Å². The lowest BCUT2D eigenvalue weighted by Crippen LogP contribution is -2.47. The molecular formula is C16H23N. The molecule has 0 saturated carbocycles. The van der Waals surface area contributed by atoms with E-state index in [4.69, 9.17) is 0 Å². The zero-order chi connectivity index (χ0) is 11.7. The summed E-state index contributed by atoms with van der Waals surface area (Å²) >= 11 is 0. The third-order valence-electron chi connectivity index (χ3n) is 4.76. The van der Waals surface area contributed by atoms with Gasteiger partial charge in [0.1, 0.15) is 0 Å². The van der Waals surface area contributed by atoms with Crippen molar-refractivity contribution in [2.45, 2.75) is 38.1 Å². The largest absolute Gasteiger partial charge is 0.307 e. The highest BCUT2D eigenvalue weighted by Crippen LogP contribution is 2.41. The van der Waals surface area contributed by atoms with E-state index in [1.807, 2.05) is 0 Å². The van der Waals surface area contributed by atoms with Gasteiger partial charge >= 0.3 is 0 Å².